The summed E-state index contributed by atoms with van der Waals surface area (Å²) in [5, 5.41) is 4.59. The summed E-state index contributed by atoms with van der Waals surface area (Å²) in [6.07, 6.45) is 9.00. The van der Waals surface area contributed by atoms with Crippen LogP contribution in [0.3, 0.4) is 0 Å². The number of aryl methyl sites for hydroxylation is 2. The third kappa shape index (κ3) is 3.55. The molecule has 0 aliphatic carbocycles. The predicted octanol–water partition coefficient (Wildman–Crippen LogP) is 3.41. The van der Waals surface area contributed by atoms with Crippen LogP contribution in [0.2, 0.25) is 0 Å². The first kappa shape index (κ1) is 18.0. The van der Waals surface area contributed by atoms with Gasteiger partial charge in [0.25, 0.3) is 0 Å². The standard InChI is InChI=1S/C21H23N7/c1-4-5-18-20-19(28(3)26-18)12-24-21(25-20)27(2)13-15-6-8-16(9-7-15)17-10-22-14-23-11-17/h6-12,14H,4-5,13H2,1-3H3. The molecule has 142 valence electrons. The van der Waals surface area contributed by atoms with Crippen molar-refractivity contribution in [1.82, 2.24) is 29.7 Å². The summed E-state index contributed by atoms with van der Waals surface area (Å²) in [4.78, 5) is 19.5. The minimum Gasteiger partial charge on any atom is -0.340 e. The van der Waals surface area contributed by atoms with Crippen LogP contribution in [0.15, 0.2) is 49.2 Å². The Balaban J connectivity index is 1.54. The Morgan fingerprint density at radius 1 is 1.00 bits per heavy atom. The van der Waals surface area contributed by atoms with E-state index < -0.39 is 0 Å². The van der Waals surface area contributed by atoms with Crippen LogP contribution < -0.4 is 4.90 Å². The lowest BCUT2D eigenvalue weighted by Crippen LogP contribution is -2.19. The Hall–Kier alpha value is -3.35. The molecule has 28 heavy (non-hydrogen) atoms. The van der Waals surface area contributed by atoms with Crippen molar-refractivity contribution >= 4 is 17.0 Å². The highest BCUT2D eigenvalue weighted by atomic mass is 15.3. The van der Waals surface area contributed by atoms with E-state index in [1.54, 1.807) is 0 Å². The van der Waals surface area contributed by atoms with Gasteiger partial charge < -0.3 is 4.90 Å². The lowest BCUT2D eigenvalue weighted by atomic mass is 10.1. The topological polar surface area (TPSA) is 72.6 Å². The fraction of sp³-hybridized carbons (Fsp3) is 0.286. The molecule has 0 spiro atoms. The van der Waals surface area contributed by atoms with Gasteiger partial charge in [-0.3, -0.25) is 4.68 Å². The van der Waals surface area contributed by atoms with Crippen molar-refractivity contribution < 1.29 is 0 Å². The van der Waals surface area contributed by atoms with Gasteiger partial charge in [-0.1, -0.05) is 37.6 Å². The van der Waals surface area contributed by atoms with Crippen molar-refractivity contribution in [1.29, 1.82) is 0 Å². The number of hydrogen-bond donors (Lipinski definition) is 0. The molecule has 0 aliphatic rings. The van der Waals surface area contributed by atoms with Gasteiger partial charge in [0, 0.05) is 38.6 Å². The van der Waals surface area contributed by atoms with Gasteiger partial charge in [-0.25, -0.2) is 19.9 Å². The third-order valence-electron chi connectivity index (χ3n) is 4.75. The summed E-state index contributed by atoms with van der Waals surface area (Å²) in [5.41, 5.74) is 6.24. The highest BCUT2D eigenvalue weighted by Gasteiger charge is 2.13. The average Bonchev–Trinajstić information content (AvgIpc) is 3.04. The lowest BCUT2D eigenvalue weighted by molar-refractivity contribution is 0.752. The fourth-order valence-corrected chi connectivity index (χ4v) is 3.28. The second-order valence-corrected chi connectivity index (χ2v) is 6.90. The number of aromatic nitrogens is 6. The Morgan fingerprint density at radius 3 is 2.46 bits per heavy atom. The number of fused-ring (bicyclic) bond motifs is 1. The molecule has 0 atom stereocenters. The van der Waals surface area contributed by atoms with E-state index >= 15 is 0 Å². The van der Waals surface area contributed by atoms with Gasteiger partial charge >= 0.3 is 0 Å². The molecule has 7 nitrogen and oxygen atoms in total. The highest BCUT2D eigenvalue weighted by molar-refractivity contribution is 5.78. The first-order valence-electron chi connectivity index (χ1n) is 9.39. The zero-order chi connectivity index (χ0) is 19.5. The number of rotatable bonds is 6. The van der Waals surface area contributed by atoms with E-state index in [4.69, 9.17) is 4.98 Å². The maximum absolute atomic E-state index is 4.79. The Morgan fingerprint density at radius 2 is 1.75 bits per heavy atom. The summed E-state index contributed by atoms with van der Waals surface area (Å²) in [6.45, 7) is 2.88. The number of benzene rings is 1. The second kappa shape index (κ2) is 7.72. The van der Waals surface area contributed by atoms with Crippen molar-refractivity contribution in [2.45, 2.75) is 26.3 Å². The van der Waals surface area contributed by atoms with Gasteiger partial charge in [0.15, 0.2) is 0 Å². The molecular formula is C21H23N7. The smallest absolute Gasteiger partial charge is 0.226 e. The van der Waals surface area contributed by atoms with Gasteiger partial charge in [-0.05, 0) is 17.5 Å². The molecule has 0 bridgehead atoms. The molecule has 0 saturated carbocycles. The number of anilines is 1. The maximum Gasteiger partial charge on any atom is 0.226 e. The molecular weight excluding hydrogens is 350 g/mol. The second-order valence-electron chi connectivity index (χ2n) is 6.90. The van der Waals surface area contributed by atoms with Gasteiger partial charge in [-0.2, -0.15) is 5.10 Å². The maximum atomic E-state index is 4.79. The average molecular weight is 373 g/mol. The lowest BCUT2D eigenvalue weighted by Gasteiger charge is -2.17. The minimum absolute atomic E-state index is 0.707. The van der Waals surface area contributed by atoms with E-state index in [0.29, 0.717) is 5.95 Å². The Bertz CT molecular complexity index is 1070. The summed E-state index contributed by atoms with van der Waals surface area (Å²) < 4.78 is 1.86. The monoisotopic (exact) mass is 373 g/mol. The minimum atomic E-state index is 0.707. The molecule has 0 amide bonds. The summed E-state index contributed by atoms with van der Waals surface area (Å²) in [7, 11) is 3.95. The van der Waals surface area contributed by atoms with Crippen LogP contribution in [0.1, 0.15) is 24.6 Å². The molecule has 0 unspecified atom stereocenters. The van der Waals surface area contributed by atoms with Crippen LogP contribution >= 0.6 is 0 Å². The van der Waals surface area contributed by atoms with E-state index in [2.05, 4.69) is 56.1 Å². The normalized spacial score (nSPS) is 11.1. The quantitative estimate of drug-likeness (QED) is 0.516. The summed E-state index contributed by atoms with van der Waals surface area (Å²) in [5.74, 6) is 0.707. The molecule has 3 aromatic heterocycles. The van der Waals surface area contributed by atoms with Crippen molar-refractivity contribution in [2.24, 2.45) is 7.05 Å². The largest absolute Gasteiger partial charge is 0.340 e. The van der Waals surface area contributed by atoms with Gasteiger partial charge in [-0.15, -0.1) is 0 Å². The van der Waals surface area contributed by atoms with E-state index in [9.17, 15) is 0 Å². The van der Waals surface area contributed by atoms with E-state index in [-0.39, 0.29) is 0 Å². The fourth-order valence-electron chi connectivity index (χ4n) is 3.28. The predicted molar refractivity (Wildman–Crippen MR) is 110 cm³/mol. The van der Waals surface area contributed by atoms with E-state index in [1.807, 2.05) is 37.4 Å². The van der Waals surface area contributed by atoms with Crippen molar-refractivity contribution in [3.05, 3.63) is 60.4 Å². The Labute approximate surface area is 164 Å². The molecule has 7 heteroatoms. The number of nitrogens with zero attached hydrogens (tertiary/aromatic N) is 7. The molecule has 4 aromatic rings. The van der Waals surface area contributed by atoms with E-state index in [0.717, 1.165) is 47.2 Å². The highest BCUT2D eigenvalue weighted by Crippen LogP contribution is 2.21. The van der Waals surface area contributed by atoms with Crippen molar-refractivity contribution in [2.75, 3.05) is 11.9 Å². The van der Waals surface area contributed by atoms with Crippen LogP contribution in [0.25, 0.3) is 22.2 Å². The van der Waals surface area contributed by atoms with Crippen LogP contribution in [0.4, 0.5) is 5.95 Å². The summed E-state index contributed by atoms with van der Waals surface area (Å²) in [6, 6.07) is 8.41. The third-order valence-corrected chi connectivity index (χ3v) is 4.75. The zero-order valence-electron chi connectivity index (χ0n) is 16.4. The van der Waals surface area contributed by atoms with Crippen LogP contribution in [-0.2, 0) is 20.0 Å². The van der Waals surface area contributed by atoms with Crippen molar-refractivity contribution in [3.8, 4) is 11.1 Å². The molecule has 0 aliphatic heterocycles. The zero-order valence-corrected chi connectivity index (χ0v) is 16.4. The molecule has 0 saturated heterocycles. The molecule has 4 rings (SSSR count). The van der Waals surface area contributed by atoms with Crippen LogP contribution in [-0.4, -0.2) is 36.8 Å². The molecule has 1 aromatic carbocycles. The van der Waals surface area contributed by atoms with Crippen LogP contribution in [0, 0.1) is 0 Å². The van der Waals surface area contributed by atoms with Gasteiger partial charge in [0.2, 0.25) is 5.95 Å². The molecule has 0 fully saturated rings. The first-order valence-corrected chi connectivity index (χ1v) is 9.39. The van der Waals surface area contributed by atoms with Crippen molar-refractivity contribution in [3.63, 3.8) is 0 Å². The molecule has 0 radical (unpaired) electrons. The molecule has 3 heterocycles. The first-order chi connectivity index (χ1) is 13.7. The number of hydrogen-bond acceptors (Lipinski definition) is 6. The Kier molecular flexibility index (Phi) is 4.97. The van der Waals surface area contributed by atoms with E-state index in [1.165, 1.54) is 11.9 Å². The molecule has 0 N–H and O–H groups in total. The SMILES string of the molecule is CCCc1nn(C)c2cnc(N(C)Cc3ccc(-c4cncnc4)cc3)nc12. The summed E-state index contributed by atoms with van der Waals surface area (Å²) >= 11 is 0. The van der Waals surface area contributed by atoms with Gasteiger partial charge in [0.1, 0.15) is 17.4 Å². The van der Waals surface area contributed by atoms with Gasteiger partial charge in [0.05, 0.1) is 11.9 Å². The van der Waals surface area contributed by atoms with Crippen LogP contribution in [0.5, 0.6) is 0 Å².